The number of methoxy groups -OCH3 is 1. The number of anilines is 1. The van der Waals surface area contributed by atoms with Crippen LogP contribution in [0, 0.1) is 0 Å². The van der Waals surface area contributed by atoms with Gasteiger partial charge in [-0.15, -0.1) is 0 Å². The van der Waals surface area contributed by atoms with Gasteiger partial charge in [-0.2, -0.15) is 0 Å². The smallest absolute Gasteiger partial charge is 0.320 e. The minimum atomic E-state index is -0.747. The lowest BCUT2D eigenvalue weighted by atomic mass is 10.2. The van der Waals surface area contributed by atoms with Crippen LogP contribution in [0.5, 0.6) is 5.75 Å². The number of hydrogen-bond donors (Lipinski definition) is 1. The van der Waals surface area contributed by atoms with E-state index in [1.54, 1.807) is 14.0 Å². The predicted molar refractivity (Wildman–Crippen MR) is 78.5 cm³/mol. The molecule has 0 aromatic heterocycles. The fourth-order valence-corrected chi connectivity index (χ4v) is 2.53. The number of aliphatic carboxylic acids is 1. The Balaban J connectivity index is 1.99. The van der Waals surface area contributed by atoms with Crippen molar-refractivity contribution >= 4 is 11.7 Å². The Bertz CT molecular complexity index is 447. The molecule has 1 unspecified atom stereocenters. The molecule has 1 aromatic rings. The molecule has 1 aliphatic rings. The monoisotopic (exact) mass is 278 g/mol. The maximum atomic E-state index is 11.1. The highest BCUT2D eigenvalue weighted by Crippen LogP contribution is 2.21. The number of rotatable bonds is 4. The molecule has 1 fully saturated rings. The molecule has 5 nitrogen and oxygen atoms in total. The number of carbonyl (C=O) groups is 1. The van der Waals surface area contributed by atoms with Gasteiger partial charge < -0.3 is 14.7 Å². The molecule has 0 spiro atoms. The molecule has 2 rings (SSSR count). The van der Waals surface area contributed by atoms with Gasteiger partial charge in [-0.25, -0.2) is 0 Å². The fourth-order valence-electron chi connectivity index (χ4n) is 2.53. The van der Waals surface area contributed by atoms with Crippen molar-refractivity contribution in [2.75, 3.05) is 38.2 Å². The third-order valence-corrected chi connectivity index (χ3v) is 3.87. The Morgan fingerprint density at radius 1 is 1.20 bits per heavy atom. The Morgan fingerprint density at radius 3 is 2.50 bits per heavy atom. The molecule has 0 bridgehead atoms. The lowest BCUT2D eigenvalue weighted by molar-refractivity contribution is -0.142. The number of benzene rings is 1. The largest absolute Gasteiger partial charge is 0.497 e. The molecule has 1 aromatic carbocycles. The van der Waals surface area contributed by atoms with Crippen LogP contribution < -0.4 is 9.64 Å². The first-order valence-corrected chi connectivity index (χ1v) is 6.97. The van der Waals surface area contributed by atoms with E-state index in [1.807, 2.05) is 17.0 Å². The van der Waals surface area contributed by atoms with Crippen LogP contribution in [0.3, 0.4) is 0 Å². The summed E-state index contributed by atoms with van der Waals surface area (Å²) < 4.78 is 5.16. The van der Waals surface area contributed by atoms with Crippen LogP contribution in [-0.2, 0) is 4.79 Å². The highest BCUT2D eigenvalue weighted by Gasteiger charge is 2.23. The fraction of sp³-hybridized carbons (Fsp3) is 0.533. The summed E-state index contributed by atoms with van der Waals surface area (Å²) in [6.07, 6.45) is 0.976. The van der Waals surface area contributed by atoms with Gasteiger partial charge in [0.05, 0.1) is 7.11 Å². The van der Waals surface area contributed by atoms with Crippen molar-refractivity contribution in [3.63, 3.8) is 0 Å². The van der Waals surface area contributed by atoms with Crippen molar-refractivity contribution in [2.24, 2.45) is 0 Å². The summed E-state index contributed by atoms with van der Waals surface area (Å²) in [6.45, 7) is 5.17. The Labute approximate surface area is 119 Å². The van der Waals surface area contributed by atoms with Crippen molar-refractivity contribution in [2.45, 2.75) is 19.4 Å². The van der Waals surface area contributed by atoms with Crippen LogP contribution in [0.25, 0.3) is 0 Å². The first-order chi connectivity index (χ1) is 9.61. The van der Waals surface area contributed by atoms with Gasteiger partial charge in [-0.3, -0.25) is 9.69 Å². The second-order valence-corrected chi connectivity index (χ2v) is 5.09. The molecular formula is C15H22N2O3. The Morgan fingerprint density at radius 2 is 1.90 bits per heavy atom. The molecule has 20 heavy (non-hydrogen) atoms. The van der Waals surface area contributed by atoms with Crippen molar-refractivity contribution in [3.05, 3.63) is 24.3 Å². The van der Waals surface area contributed by atoms with Gasteiger partial charge in [0, 0.05) is 31.9 Å². The average molecular weight is 278 g/mol. The van der Waals surface area contributed by atoms with E-state index in [9.17, 15) is 4.79 Å². The van der Waals surface area contributed by atoms with Gasteiger partial charge >= 0.3 is 5.97 Å². The second-order valence-electron chi connectivity index (χ2n) is 5.09. The summed E-state index contributed by atoms with van der Waals surface area (Å²) in [5.41, 5.74) is 1.16. The maximum absolute atomic E-state index is 11.1. The van der Waals surface area contributed by atoms with Gasteiger partial charge in [-0.05, 0) is 37.6 Å². The zero-order valence-electron chi connectivity index (χ0n) is 12.1. The van der Waals surface area contributed by atoms with Crippen LogP contribution >= 0.6 is 0 Å². The normalized spacial score (nSPS) is 18.4. The van der Waals surface area contributed by atoms with Crippen LogP contribution in [0.2, 0.25) is 0 Å². The quantitative estimate of drug-likeness (QED) is 0.908. The molecule has 5 heteroatoms. The predicted octanol–water partition coefficient (Wildman–Crippen LogP) is 1.68. The van der Waals surface area contributed by atoms with E-state index in [-0.39, 0.29) is 0 Å². The number of carboxylic acid groups (broad SMARTS) is 1. The summed E-state index contributed by atoms with van der Waals surface area (Å²) in [5.74, 6) is 0.104. The van der Waals surface area contributed by atoms with E-state index in [0.717, 1.165) is 44.0 Å². The molecule has 0 saturated carbocycles. The molecule has 1 saturated heterocycles. The first-order valence-electron chi connectivity index (χ1n) is 6.97. The van der Waals surface area contributed by atoms with Crippen LogP contribution in [0.15, 0.2) is 24.3 Å². The third-order valence-electron chi connectivity index (χ3n) is 3.87. The van der Waals surface area contributed by atoms with Crippen LogP contribution in [0.4, 0.5) is 5.69 Å². The molecular weight excluding hydrogens is 256 g/mol. The van der Waals surface area contributed by atoms with E-state index < -0.39 is 12.0 Å². The SMILES string of the molecule is COc1ccc(N2CCCN(C(C)C(=O)O)CC2)cc1. The highest BCUT2D eigenvalue weighted by atomic mass is 16.5. The average Bonchev–Trinajstić information content (AvgIpc) is 2.72. The van der Waals surface area contributed by atoms with E-state index in [0.29, 0.717) is 0 Å². The standard InChI is InChI=1S/C15H22N2O3/c1-12(15(18)19)16-8-3-9-17(11-10-16)13-4-6-14(20-2)7-5-13/h4-7,12H,3,8-11H2,1-2H3,(H,18,19). The first kappa shape index (κ1) is 14.7. The second kappa shape index (κ2) is 6.61. The highest BCUT2D eigenvalue weighted by molar-refractivity contribution is 5.72. The molecule has 1 heterocycles. The van der Waals surface area contributed by atoms with Gasteiger partial charge in [0.1, 0.15) is 11.8 Å². The zero-order chi connectivity index (χ0) is 14.5. The minimum absolute atomic E-state index is 0.411. The molecule has 1 aliphatic heterocycles. The van der Waals surface area contributed by atoms with Crippen LogP contribution in [-0.4, -0.2) is 55.3 Å². The lowest BCUT2D eigenvalue weighted by Gasteiger charge is -2.25. The van der Waals surface area contributed by atoms with E-state index in [1.165, 1.54) is 0 Å². The van der Waals surface area contributed by atoms with Gasteiger partial charge in [0.25, 0.3) is 0 Å². The van der Waals surface area contributed by atoms with E-state index in [2.05, 4.69) is 17.0 Å². The van der Waals surface area contributed by atoms with Crippen molar-refractivity contribution in [1.29, 1.82) is 0 Å². The zero-order valence-corrected chi connectivity index (χ0v) is 12.1. The number of ether oxygens (including phenoxy) is 1. The third kappa shape index (κ3) is 3.42. The van der Waals surface area contributed by atoms with Gasteiger partial charge in [-0.1, -0.05) is 0 Å². The summed E-state index contributed by atoms with van der Waals surface area (Å²) in [4.78, 5) is 15.4. The summed E-state index contributed by atoms with van der Waals surface area (Å²) in [7, 11) is 1.66. The number of hydrogen-bond acceptors (Lipinski definition) is 4. The number of carboxylic acids is 1. The van der Waals surface area contributed by atoms with Crippen LogP contribution in [0.1, 0.15) is 13.3 Å². The Hall–Kier alpha value is -1.75. The van der Waals surface area contributed by atoms with E-state index in [4.69, 9.17) is 9.84 Å². The summed E-state index contributed by atoms with van der Waals surface area (Å²) >= 11 is 0. The van der Waals surface area contributed by atoms with Crippen molar-refractivity contribution < 1.29 is 14.6 Å². The van der Waals surface area contributed by atoms with Crippen molar-refractivity contribution in [3.8, 4) is 5.75 Å². The van der Waals surface area contributed by atoms with Crippen molar-refractivity contribution in [1.82, 2.24) is 4.90 Å². The number of nitrogens with zero attached hydrogens (tertiary/aromatic N) is 2. The van der Waals surface area contributed by atoms with Gasteiger partial charge in [0.2, 0.25) is 0 Å². The molecule has 0 aliphatic carbocycles. The molecule has 110 valence electrons. The molecule has 0 amide bonds. The van der Waals surface area contributed by atoms with Gasteiger partial charge in [0.15, 0.2) is 0 Å². The topological polar surface area (TPSA) is 53.0 Å². The summed E-state index contributed by atoms with van der Waals surface area (Å²) in [6, 6.07) is 7.60. The minimum Gasteiger partial charge on any atom is -0.497 e. The van der Waals surface area contributed by atoms with E-state index >= 15 is 0 Å². The molecule has 1 N–H and O–H groups in total. The molecule has 0 radical (unpaired) electrons. The Kier molecular flexibility index (Phi) is 4.84. The lowest BCUT2D eigenvalue weighted by Crippen LogP contribution is -2.41. The molecule has 1 atom stereocenters. The summed E-state index contributed by atoms with van der Waals surface area (Å²) in [5, 5.41) is 9.10. The maximum Gasteiger partial charge on any atom is 0.320 e.